The Balaban J connectivity index is 1.91. The van der Waals surface area contributed by atoms with Crippen molar-refractivity contribution in [1.82, 2.24) is 14.9 Å². The maximum atomic E-state index is 12.6. The van der Waals surface area contributed by atoms with Gasteiger partial charge in [-0.3, -0.25) is 14.2 Å². The number of amides is 1. The second-order valence-corrected chi connectivity index (χ2v) is 6.21. The lowest BCUT2D eigenvalue weighted by molar-refractivity contribution is -0.118. The SMILES string of the molecule is CC(=O)NCCSc1nc2ccccc2c(=O)n1C1CC1. The number of rotatable bonds is 5. The molecular weight excluding hydrogens is 286 g/mol. The van der Waals surface area contributed by atoms with Gasteiger partial charge in [-0.2, -0.15) is 0 Å². The molecule has 0 radical (unpaired) electrons. The lowest BCUT2D eigenvalue weighted by atomic mass is 10.2. The van der Waals surface area contributed by atoms with Gasteiger partial charge in [0.15, 0.2) is 5.16 Å². The molecule has 1 aliphatic rings. The Kier molecular flexibility index (Phi) is 3.96. The third kappa shape index (κ3) is 3.10. The van der Waals surface area contributed by atoms with E-state index in [4.69, 9.17) is 0 Å². The number of hydrogen-bond donors (Lipinski definition) is 1. The van der Waals surface area contributed by atoms with Gasteiger partial charge in [0.2, 0.25) is 5.91 Å². The van der Waals surface area contributed by atoms with E-state index in [1.54, 1.807) is 0 Å². The number of para-hydroxylation sites is 1. The van der Waals surface area contributed by atoms with Crippen molar-refractivity contribution < 1.29 is 4.79 Å². The van der Waals surface area contributed by atoms with Crippen molar-refractivity contribution in [3.63, 3.8) is 0 Å². The number of carbonyl (C=O) groups is 1. The summed E-state index contributed by atoms with van der Waals surface area (Å²) in [6, 6.07) is 7.74. The van der Waals surface area contributed by atoms with E-state index in [2.05, 4.69) is 10.3 Å². The molecule has 1 amide bonds. The van der Waals surface area contributed by atoms with Crippen LogP contribution in [0.4, 0.5) is 0 Å². The number of nitrogens with one attached hydrogen (secondary N) is 1. The standard InChI is InChI=1S/C15H17N3O2S/c1-10(19)16-8-9-21-15-17-13-5-3-2-4-12(13)14(20)18(15)11-6-7-11/h2-5,11H,6-9H2,1H3,(H,16,19). The Morgan fingerprint density at radius 2 is 2.19 bits per heavy atom. The van der Waals surface area contributed by atoms with E-state index in [0.29, 0.717) is 17.7 Å². The van der Waals surface area contributed by atoms with Gasteiger partial charge in [0, 0.05) is 25.3 Å². The van der Waals surface area contributed by atoms with Crippen molar-refractivity contribution >= 4 is 28.6 Å². The first-order chi connectivity index (χ1) is 10.2. The third-order valence-corrected chi connectivity index (χ3v) is 4.35. The van der Waals surface area contributed by atoms with Crippen LogP contribution in [0.25, 0.3) is 10.9 Å². The molecule has 1 aromatic heterocycles. The minimum absolute atomic E-state index is 0.0401. The summed E-state index contributed by atoms with van der Waals surface area (Å²) >= 11 is 1.52. The van der Waals surface area contributed by atoms with Crippen LogP contribution in [0.5, 0.6) is 0 Å². The van der Waals surface area contributed by atoms with E-state index in [9.17, 15) is 9.59 Å². The normalized spacial score (nSPS) is 14.3. The summed E-state index contributed by atoms with van der Waals surface area (Å²) in [6.45, 7) is 2.08. The van der Waals surface area contributed by atoms with Crippen molar-refractivity contribution in [2.75, 3.05) is 12.3 Å². The molecule has 0 atom stereocenters. The van der Waals surface area contributed by atoms with Crippen molar-refractivity contribution in [2.24, 2.45) is 0 Å². The second kappa shape index (κ2) is 5.89. The monoisotopic (exact) mass is 303 g/mol. The van der Waals surface area contributed by atoms with Crippen LogP contribution in [0.15, 0.2) is 34.2 Å². The first-order valence-electron chi connectivity index (χ1n) is 7.05. The number of nitrogens with zero attached hydrogens (tertiary/aromatic N) is 2. The summed E-state index contributed by atoms with van der Waals surface area (Å²) in [6.07, 6.45) is 2.08. The van der Waals surface area contributed by atoms with Gasteiger partial charge < -0.3 is 5.32 Å². The van der Waals surface area contributed by atoms with Crippen molar-refractivity contribution in [1.29, 1.82) is 0 Å². The molecule has 1 fully saturated rings. The Morgan fingerprint density at radius 3 is 2.90 bits per heavy atom. The first kappa shape index (κ1) is 14.1. The van der Waals surface area contributed by atoms with E-state index in [1.165, 1.54) is 18.7 Å². The maximum absolute atomic E-state index is 12.6. The maximum Gasteiger partial charge on any atom is 0.262 e. The van der Waals surface area contributed by atoms with Gasteiger partial charge in [-0.1, -0.05) is 23.9 Å². The number of carbonyl (C=O) groups excluding carboxylic acids is 1. The van der Waals surface area contributed by atoms with Gasteiger partial charge in [0.1, 0.15) is 0 Å². The Bertz CT molecular complexity index is 737. The van der Waals surface area contributed by atoms with Crippen LogP contribution in [-0.2, 0) is 4.79 Å². The number of thioether (sulfide) groups is 1. The predicted octanol–water partition coefficient (Wildman–Crippen LogP) is 1.96. The highest BCUT2D eigenvalue weighted by molar-refractivity contribution is 7.99. The Hall–Kier alpha value is -1.82. The molecule has 0 saturated heterocycles. The van der Waals surface area contributed by atoms with E-state index < -0.39 is 0 Å². The fourth-order valence-electron chi connectivity index (χ4n) is 2.25. The number of aromatic nitrogens is 2. The lowest BCUT2D eigenvalue weighted by Gasteiger charge is -2.12. The summed E-state index contributed by atoms with van der Waals surface area (Å²) in [5.74, 6) is 0.665. The molecule has 0 aliphatic heterocycles. The molecule has 1 aromatic carbocycles. The lowest BCUT2D eigenvalue weighted by Crippen LogP contribution is -2.24. The second-order valence-electron chi connectivity index (χ2n) is 5.15. The molecule has 0 unspecified atom stereocenters. The van der Waals surface area contributed by atoms with Gasteiger partial charge >= 0.3 is 0 Å². The molecule has 0 spiro atoms. The van der Waals surface area contributed by atoms with Gasteiger partial charge in [-0.15, -0.1) is 0 Å². The van der Waals surface area contributed by atoms with E-state index in [-0.39, 0.29) is 17.5 Å². The third-order valence-electron chi connectivity index (χ3n) is 3.39. The highest BCUT2D eigenvalue weighted by atomic mass is 32.2. The summed E-state index contributed by atoms with van der Waals surface area (Å²) in [5, 5.41) is 4.19. The predicted molar refractivity (Wildman–Crippen MR) is 83.7 cm³/mol. The van der Waals surface area contributed by atoms with Gasteiger partial charge in [0.05, 0.1) is 10.9 Å². The summed E-state index contributed by atoms with van der Waals surface area (Å²) in [5.41, 5.74) is 0.784. The van der Waals surface area contributed by atoms with E-state index >= 15 is 0 Å². The highest BCUT2D eigenvalue weighted by Gasteiger charge is 2.28. The van der Waals surface area contributed by atoms with Crippen LogP contribution in [0.3, 0.4) is 0 Å². The summed E-state index contributed by atoms with van der Waals surface area (Å²) in [7, 11) is 0. The average molecular weight is 303 g/mol. The smallest absolute Gasteiger partial charge is 0.262 e. The minimum atomic E-state index is -0.0401. The largest absolute Gasteiger partial charge is 0.356 e. The fraction of sp³-hybridized carbons (Fsp3) is 0.400. The number of fused-ring (bicyclic) bond motifs is 1. The Morgan fingerprint density at radius 1 is 1.43 bits per heavy atom. The van der Waals surface area contributed by atoms with Gasteiger partial charge in [0.25, 0.3) is 5.56 Å². The first-order valence-corrected chi connectivity index (χ1v) is 8.04. The molecule has 1 aliphatic carbocycles. The number of benzene rings is 1. The average Bonchev–Trinajstić information content (AvgIpc) is 3.28. The minimum Gasteiger partial charge on any atom is -0.356 e. The summed E-state index contributed by atoms with van der Waals surface area (Å²) < 4.78 is 1.82. The molecular formula is C15H17N3O2S. The molecule has 2 aromatic rings. The molecule has 1 N–H and O–H groups in total. The van der Waals surface area contributed by atoms with Crippen LogP contribution in [-0.4, -0.2) is 27.8 Å². The Labute approximate surface area is 126 Å². The van der Waals surface area contributed by atoms with Crippen LogP contribution in [0.2, 0.25) is 0 Å². The fourth-order valence-corrected chi connectivity index (χ4v) is 3.17. The van der Waals surface area contributed by atoms with Gasteiger partial charge in [-0.25, -0.2) is 4.98 Å². The topological polar surface area (TPSA) is 64.0 Å². The molecule has 5 nitrogen and oxygen atoms in total. The zero-order chi connectivity index (χ0) is 14.8. The molecule has 0 bridgehead atoms. The summed E-state index contributed by atoms with van der Waals surface area (Å²) in [4.78, 5) is 28.1. The zero-order valence-corrected chi connectivity index (χ0v) is 12.7. The van der Waals surface area contributed by atoms with Crippen molar-refractivity contribution in [3.8, 4) is 0 Å². The highest BCUT2D eigenvalue weighted by Crippen LogP contribution is 2.36. The molecule has 1 saturated carbocycles. The van der Waals surface area contributed by atoms with Crippen LogP contribution in [0.1, 0.15) is 25.8 Å². The van der Waals surface area contributed by atoms with E-state index in [0.717, 1.165) is 23.5 Å². The van der Waals surface area contributed by atoms with Crippen LogP contribution in [0, 0.1) is 0 Å². The molecule has 3 rings (SSSR count). The molecule has 6 heteroatoms. The van der Waals surface area contributed by atoms with Crippen LogP contribution >= 0.6 is 11.8 Å². The zero-order valence-electron chi connectivity index (χ0n) is 11.8. The van der Waals surface area contributed by atoms with E-state index in [1.807, 2.05) is 28.8 Å². The number of hydrogen-bond acceptors (Lipinski definition) is 4. The van der Waals surface area contributed by atoms with Crippen LogP contribution < -0.4 is 10.9 Å². The van der Waals surface area contributed by atoms with Crippen molar-refractivity contribution in [3.05, 3.63) is 34.6 Å². The molecule has 110 valence electrons. The van der Waals surface area contributed by atoms with Crippen molar-refractivity contribution in [2.45, 2.75) is 31.0 Å². The van der Waals surface area contributed by atoms with Gasteiger partial charge in [-0.05, 0) is 25.0 Å². The quantitative estimate of drug-likeness (QED) is 0.521. The molecule has 21 heavy (non-hydrogen) atoms. The molecule has 1 heterocycles.